The van der Waals surface area contributed by atoms with E-state index in [1.165, 1.54) is 0 Å². The second-order valence-corrected chi connectivity index (χ2v) is 6.80. The van der Waals surface area contributed by atoms with Crippen LogP contribution in [0.1, 0.15) is 19.4 Å². The zero-order valence-electron chi connectivity index (χ0n) is 9.83. The van der Waals surface area contributed by atoms with Crippen LogP contribution in [0.2, 0.25) is 5.15 Å². The van der Waals surface area contributed by atoms with E-state index in [9.17, 15) is 0 Å². The molecule has 0 aliphatic carbocycles. The average Bonchev–Trinajstić information content (AvgIpc) is 2.20. The first-order chi connectivity index (χ1) is 7.49. The highest BCUT2D eigenvalue weighted by atomic mass is 35.5. The summed E-state index contributed by atoms with van der Waals surface area (Å²) < 4.78 is 0.280. The molecule has 5 heteroatoms. The molecule has 0 aromatic carbocycles. The van der Waals surface area contributed by atoms with Crippen LogP contribution >= 0.6 is 23.4 Å². The van der Waals surface area contributed by atoms with Crippen LogP contribution < -0.4 is 4.90 Å². The second kappa shape index (κ2) is 4.41. The van der Waals surface area contributed by atoms with Crippen LogP contribution in [0.25, 0.3) is 0 Å². The van der Waals surface area contributed by atoms with Crippen molar-refractivity contribution in [3.8, 4) is 0 Å². The maximum Gasteiger partial charge on any atom is 0.137 e. The molecule has 2 heterocycles. The van der Waals surface area contributed by atoms with Crippen LogP contribution in [-0.4, -0.2) is 33.6 Å². The Labute approximate surface area is 106 Å². The van der Waals surface area contributed by atoms with E-state index in [4.69, 9.17) is 11.6 Å². The Morgan fingerprint density at radius 2 is 2.19 bits per heavy atom. The zero-order chi connectivity index (χ0) is 11.8. The molecule has 1 aromatic heterocycles. The van der Waals surface area contributed by atoms with E-state index < -0.39 is 0 Å². The summed E-state index contributed by atoms with van der Waals surface area (Å²) in [6, 6.07) is 0. The van der Waals surface area contributed by atoms with E-state index >= 15 is 0 Å². The Morgan fingerprint density at radius 3 is 2.88 bits per heavy atom. The monoisotopic (exact) mass is 257 g/mol. The number of nitrogens with zero attached hydrogens (tertiary/aromatic N) is 3. The minimum absolute atomic E-state index is 0.280. The topological polar surface area (TPSA) is 29.0 Å². The van der Waals surface area contributed by atoms with Gasteiger partial charge in [-0.15, -0.1) is 0 Å². The Balaban J connectivity index is 2.27. The number of thioether (sulfide) groups is 1. The summed E-state index contributed by atoms with van der Waals surface area (Å²) in [5.74, 6) is 2.11. The predicted molar refractivity (Wildman–Crippen MR) is 70.5 cm³/mol. The van der Waals surface area contributed by atoms with Crippen molar-refractivity contribution in [3.05, 3.63) is 17.0 Å². The summed E-state index contributed by atoms with van der Waals surface area (Å²) in [5.41, 5.74) is 0.979. The highest BCUT2D eigenvalue weighted by Gasteiger charge is 2.28. The van der Waals surface area contributed by atoms with Gasteiger partial charge < -0.3 is 4.90 Å². The number of aromatic nitrogens is 2. The minimum atomic E-state index is 0.280. The third kappa shape index (κ3) is 2.43. The Hall–Kier alpha value is -0.480. The number of anilines is 1. The third-order valence-electron chi connectivity index (χ3n) is 2.72. The summed E-state index contributed by atoms with van der Waals surface area (Å²) in [5, 5.41) is 0.557. The molecule has 1 aliphatic rings. The molecule has 0 bridgehead atoms. The highest BCUT2D eigenvalue weighted by molar-refractivity contribution is 8.00. The molecule has 0 saturated carbocycles. The summed E-state index contributed by atoms with van der Waals surface area (Å²) >= 11 is 8.03. The third-order valence-corrected chi connectivity index (χ3v) is 4.40. The van der Waals surface area contributed by atoms with Gasteiger partial charge in [0.25, 0.3) is 0 Å². The quantitative estimate of drug-likeness (QED) is 0.724. The highest BCUT2D eigenvalue weighted by Crippen LogP contribution is 2.33. The molecule has 0 unspecified atom stereocenters. The largest absolute Gasteiger partial charge is 0.354 e. The van der Waals surface area contributed by atoms with Crippen LogP contribution in [0.3, 0.4) is 0 Å². The summed E-state index contributed by atoms with van der Waals surface area (Å²) in [7, 11) is 0. The van der Waals surface area contributed by atoms with E-state index in [1.807, 2.05) is 18.7 Å². The van der Waals surface area contributed by atoms with Crippen molar-refractivity contribution in [1.29, 1.82) is 0 Å². The number of hydrogen-bond acceptors (Lipinski definition) is 4. The van der Waals surface area contributed by atoms with Gasteiger partial charge in [0.2, 0.25) is 0 Å². The van der Waals surface area contributed by atoms with Gasteiger partial charge in [0.1, 0.15) is 17.3 Å². The maximum atomic E-state index is 6.02. The van der Waals surface area contributed by atoms with Crippen molar-refractivity contribution < 1.29 is 0 Å². The van der Waals surface area contributed by atoms with Gasteiger partial charge in [-0.25, -0.2) is 9.97 Å². The predicted octanol–water partition coefficient (Wildman–Crippen LogP) is 2.77. The van der Waals surface area contributed by atoms with Crippen LogP contribution in [0, 0.1) is 6.92 Å². The smallest absolute Gasteiger partial charge is 0.137 e. The fourth-order valence-corrected chi connectivity index (χ4v) is 3.18. The van der Waals surface area contributed by atoms with Crippen LogP contribution in [-0.2, 0) is 0 Å². The lowest BCUT2D eigenvalue weighted by molar-refractivity contribution is 0.640. The van der Waals surface area contributed by atoms with E-state index in [0.29, 0.717) is 5.15 Å². The molecule has 1 aliphatic heterocycles. The van der Waals surface area contributed by atoms with E-state index in [-0.39, 0.29) is 4.75 Å². The van der Waals surface area contributed by atoms with Crippen molar-refractivity contribution in [3.63, 3.8) is 0 Å². The van der Waals surface area contributed by atoms with E-state index in [0.717, 1.165) is 30.2 Å². The molecule has 1 aromatic rings. The fraction of sp³-hybridized carbons (Fsp3) is 0.636. The molecule has 0 N–H and O–H groups in total. The molecule has 0 spiro atoms. The molecule has 1 saturated heterocycles. The zero-order valence-corrected chi connectivity index (χ0v) is 11.4. The van der Waals surface area contributed by atoms with E-state index in [2.05, 4.69) is 28.7 Å². The molecular formula is C11H16ClN3S. The van der Waals surface area contributed by atoms with Gasteiger partial charge in [-0.1, -0.05) is 11.6 Å². The Kier molecular flexibility index (Phi) is 3.31. The summed E-state index contributed by atoms with van der Waals surface area (Å²) in [4.78, 5) is 10.6. The lowest BCUT2D eigenvalue weighted by Gasteiger charge is -2.38. The Morgan fingerprint density at radius 1 is 1.44 bits per heavy atom. The molecule has 16 heavy (non-hydrogen) atoms. The van der Waals surface area contributed by atoms with Crippen molar-refractivity contribution >= 4 is 29.2 Å². The van der Waals surface area contributed by atoms with Gasteiger partial charge in [0, 0.05) is 29.2 Å². The number of halogens is 1. The first kappa shape index (κ1) is 12.0. The maximum absolute atomic E-state index is 6.02. The molecule has 2 rings (SSSR count). The standard InChI is InChI=1S/C11H16ClN3S/c1-8-9(12)13-7-14-10(8)15-4-5-16-11(2,3)6-15/h7H,4-6H2,1-3H3. The van der Waals surface area contributed by atoms with Crippen molar-refractivity contribution in [1.82, 2.24) is 9.97 Å². The van der Waals surface area contributed by atoms with Crippen LogP contribution in [0.4, 0.5) is 5.82 Å². The van der Waals surface area contributed by atoms with E-state index in [1.54, 1.807) is 6.33 Å². The number of hydrogen-bond donors (Lipinski definition) is 0. The van der Waals surface area contributed by atoms with Crippen molar-refractivity contribution in [2.24, 2.45) is 0 Å². The molecule has 0 atom stereocenters. The lowest BCUT2D eigenvalue weighted by Crippen LogP contribution is -2.43. The van der Waals surface area contributed by atoms with Gasteiger partial charge in [-0.05, 0) is 20.8 Å². The lowest BCUT2D eigenvalue weighted by atomic mass is 10.1. The van der Waals surface area contributed by atoms with Crippen molar-refractivity contribution in [2.45, 2.75) is 25.5 Å². The summed E-state index contributed by atoms with van der Waals surface area (Å²) in [6.45, 7) is 8.55. The van der Waals surface area contributed by atoms with Crippen LogP contribution in [0.5, 0.6) is 0 Å². The SMILES string of the molecule is Cc1c(Cl)ncnc1N1CCSC(C)(C)C1. The Bertz CT molecular complexity index is 395. The molecule has 1 fully saturated rings. The first-order valence-corrected chi connectivity index (χ1v) is 6.72. The minimum Gasteiger partial charge on any atom is -0.354 e. The molecule has 3 nitrogen and oxygen atoms in total. The summed E-state index contributed by atoms with van der Waals surface area (Å²) in [6.07, 6.45) is 1.54. The normalized spacial score (nSPS) is 19.9. The van der Waals surface area contributed by atoms with Gasteiger partial charge in [0.05, 0.1) is 0 Å². The fourth-order valence-electron chi connectivity index (χ4n) is 1.94. The molecule has 0 amide bonds. The van der Waals surface area contributed by atoms with Crippen molar-refractivity contribution in [2.75, 3.05) is 23.7 Å². The first-order valence-electron chi connectivity index (χ1n) is 5.36. The number of rotatable bonds is 1. The molecular weight excluding hydrogens is 242 g/mol. The van der Waals surface area contributed by atoms with Crippen LogP contribution in [0.15, 0.2) is 6.33 Å². The van der Waals surface area contributed by atoms with Gasteiger partial charge in [-0.3, -0.25) is 0 Å². The van der Waals surface area contributed by atoms with Gasteiger partial charge >= 0.3 is 0 Å². The van der Waals surface area contributed by atoms with Gasteiger partial charge in [0.15, 0.2) is 0 Å². The average molecular weight is 258 g/mol. The second-order valence-electron chi connectivity index (χ2n) is 4.64. The molecule has 88 valence electrons. The van der Waals surface area contributed by atoms with Gasteiger partial charge in [-0.2, -0.15) is 11.8 Å². The molecule has 0 radical (unpaired) electrons.